The van der Waals surface area contributed by atoms with Gasteiger partial charge in [0.25, 0.3) is 0 Å². The van der Waals surface area contributed by atoms with Crippen molar-refractivity contribution in [1.82, 2.24) is 10.3 Å². The summed E-state index contributed by atoms with van der Waals surface area (Å²) >= 11 is 1.34. The van der Waals surface area contributed by atoms with Crippen molar-refractivity contribution in [3.8, 4) is 28.4 Å². The lowest BCUT2D eigenvalue weighted by Gasteiger charge is -2.37. The fraction of sp³-hybridized carbons (Fsp3) is 0.207. The predicted molar refractivity (Wildman–Crippen MR) is 146 cm³/mol. The van der Waals surface area contributed by atoms with Crippen molar-refractivity contribution in [2.24, 2.45) is 0 Å². The van der Waals surface area contributed by atoms with E-state index in [2.05, 4.69) is 15.6 Å². The molecule has 0 radical (unpaired) electrons. The third-order valence-corrected chi connectivity index (χ3v) is 7.45. The van der Waals surface area contributed by atoms with Gasteiger partial charge >= 0.3 is 5.97 Å². The largest absolute Gasteiger partial charge is 0.493 e. The predicted octanol–water partition coefficient (Wildman–Crippen LogP) is 5.98. The highest BCUT2D eigenvalue weighted by Crippen LogP contribution is 2.41. The SMILES string of the molecule is COc1cc2c(cc1Oc1ccc(-c3ccc(C(=O)O)c(F)c3)c(F)c1)[C@@](C)(CC(=O)Nc1nccs1)NCC2. The maximum absolute atomic E-state index is 15.1. The zero-order valence-corrected chi connectivity index (χ0v) is 22.4. The molecule has 1 aromatic heterocycles. The maximum atomic E-state index is 15.1. The normalized spacial score (nSPS) is 16.2. The van der Waals surface area contributed by atoms with Crippen LogP contribution in [0.15, 0.2) is 60.1 Å². The van der Waals surface area contributed by atoms with Gasteiger partial charge in [0.15, 0.2) is 16.6 Å². The number of aromatic carboxylic acids is 1. The molecule has 40 heavy (non-hydrogen) atoms. The number of carboxylic acid groups (broad SMARTS) is 1. The van der Waals surface area contributed by atoms with Crippen LogP contribution in [0.2, 0.25) is 0 Å². The second-order valence-electron chi connectivity index (χ2n) is 9.47. The van der Waals surface area contributed by atoms with Crippen molar-refractivity contribution in [3.05, 3.63) is 88.4 Å². The van der Waals surface area contributed by atoms with Crippen LogP contribution in [-0.4, -0.2) is 35.6 Å². The van der Waals surface area contributed by atoms with Crippen molar-refractivity contribution in [1.29, 1.82) is 0 Å². The molecule has 5 rings (SSSR count). The summed E-state index contributed by atoms with van der Waals surface area (Å²) in [4.78, 5) is 28.0. The van der Waals surface area contributed by atoms with E-state index >= 15 is 4.39 Å². The summed E-state index contributed by atoms with van der Waals surface area (Å²) in [5, 5.41) is 17.6. The number of carbonyl (C=O) groups excluding carboxylic acids is 1. The molecule has 3 aromatic carbocycles. The molecule has 0 aliphatic carbocycles. The molecule has 206 valence electrons. The molecule has 4 aromatic rings. The lowest BCUT2D eigenvalue weighted by molar-refractivity contribution is -0.117. The third kappa shape index (κ3) is 5.51. The molecular weight excluding hydrogens is 540 g/mol. The zero-order valence-electron chi connectivity index (χ0n) is 21.6. The average molecular weight is 566 g/mol. The van der Waals surface area contributed by atoms with Crippen molar-refractivity contribution < 1.29 is 33.0 Å². The Morgan fingerprint density at radius 3 is 2.62 bits per heavy atom. The third-order valence-electron chi connectivity index (χ3n) is 6.77. The molecule has 8 nitrogen and oxygen atoms in total. The average Bonchev–Trinajstić information content (AvgIpc) is 3.41. The van der Waals surface area contributed by atoms with Crippen LogP contribution in [-0.2, 0) is 16.8 Å². The molecular formula is C29H25F2N3O5S. The van der Waals surface area contributed by atoms with E-state index in [1.807, 2.05) is 13.0 Å². The number of benzene rings is 3. The van der Waals surface area contributed by atoms with Crippen LogP contribution in [0.5, 0.6) is 17.2 Å². The first kappa shape index (κ1) is 27.2. The van der Waals surface area contributed by atoms with Crippen LogP contribution < -0.4 is 20.1 Å². The fourth-order valence-electron chi connectivity index (χ4n) is 4.83. The highest BCUT2D eigenvalue weighted by Gasteiger charge is 2.35. The summed E-state index contributed by atoms with van der Waals surface area (Å²) in [5.41, 5.74) is 0.932. The number of halogens is 2. The number of thiazole rings is 1. The monoisotopic (exact) mass is 565 g/mol. The van der Waals surface area contributed by atoms with E-state index in [1.54, 1.807) is 17.6 Å². The summed E-state index contributed by atoms with van der Waals surface area (Å²) in [7, 11) is 1.51. The molecule has 0 unspecified atom stereocenters. The van der Waals surface area contributed by atoms with Gasteiger partial charge in [0, 0.05) is 41.7 Å². The fourth-order valence-corrected chi connectivity index (χ4v) is 5.38. The second-order valence-corrected chi connectivity index (χ2v) is 10.4. The molecule has 3 N–H and O–H groups in total. The number of carbonyl (C=O) groups is 2. The number of hydrogen-bond acceptors (Lipinski definition) is 7. The number of fused-ring (bicyclic) bond motifs is 1. The first-order valence-corrected chi connectivity index (χ1v) is 13.2. The standard InChI is InChI=1S/C29H25F2N3O5S/c1-29(15-26(35)34-28-32-9-10-40-28)21-14-25(24(38-2)12-17(21)7-8-33-29)39-18-4-6-19(23(31)13-18)16-3-5-20(27(36)37)22(30)11-16/h3-6,9-14,33H,7-8,15H2,1-2H3,(H,36,37)(H,32,34,35)/t29-/m1/s1. The number of hydrogen-bond donors (Lipinski definition) is 3. The van der Waals surface area contributed by atoms with Gasteiger partial charge in [-0.05, 0) is 66.4 Å². The molecule has 1 amide bonds. The van der Waals surface area contributed by atoms with Gasteiger partial charge in [0.1, 0.15) is 17.4 Å². The molecule has 1 aliphatic heterocycles. The van der Waals surface area contributed by atoms with Gasteiger partial charge in [0.05, 0.1) is 12.7 Å². The topological polar surface area (TPSA) is 110 Å². The first-order chi connectivity index (χ1) is 19.2. The minimum Gasteiger partial charge on any atom is -0.493 e. The Kier molecular flexibility index (Phi) is 7.51. The Morgan fingerprint density at radius 1 is 1.12 bits per heavy atom. The van der Waals surface area contributed by atoms with Crippen LogP contribution in [0.25, 0.3) is 11.1 Å². The van der Waals surface area contributed by atoms with Gasteiger partial charge in [-0.1, -0.05) is 6.07 Å². The second kappa shape index (κ2) is 11.0. The molecule has 0 saturated heterocycles. The number of aromatic nitrogens is 1. The van der Waals surface area contributed by atoms with E-state index in [-0.39, 0.29) is 29.2 Å². The Balaban J connectivity index is 1.42. The van der Waals surface area contributed by atoms with Gasteiger partial charge in [-0.15, -0.1) is 11.3 Å². The molecule has 0 fully saturated rings. The molecule has 0 spiro atoms. The smallest absolute Gasteiger partial charge is 0.338 e. The van der Waals surface area contributed by atoms with Crippen LogP contribution in [0.3, 0.4) is 0 Å². The lowest BCUT2D eigenvalue weighted by atomic mass is 9.81. The Labute approximate surface area is 232 Å². The van der Waals surface area contributed by atoms with Gasteiger partial charge < -0.3 is 25.2 Å². The van der Waals surface area contributed by atoms with Gasteiger partial charge in [0.2, 0.25) is 5.91 Å². The number of rotatable bonds is 8. The molecule has 0 saturated carbocycles. The number of amides is 1. The van der Waals surface area contributed by atoms with Crippen molar-refractivity contribution >= 4 is 28.3 Å². The molecule has 1 aliphatic rings. The number of methoxy groups -OCH3 is 1. The van der Waals surface area contributed by atoms with E-state index in [9.17, 15) is 14.0 Å². The Bertz CT molecular complexity index is 1600. The Hall–Kier alpha value is -4.35. The van der Waals surface area contributed by atoms with E-state index in [1.165, 1.54) is 36.6 Å². The molecule has 1 atom stereocenters. The first-order valence-electron chi connectivity index (χ1n) is 12.3. The summed E-state index contributed by atoms with van der Waals surface area (Å²) in [5.74, 6) is -2.27. The van der Waals surface area contributed by atoms with Crippen LogP contribution in [0.1, 0.15) is 34.8 Å². The summed E-state index contributed by atoms with van der Waals surface area (Å²) in [6.45, 7) is 2.60. The highest BCUT2D eigenvalue weighted by atomic mass is 32.1. The summed E-state index contributed by atoms with van der Waals surface area (Å²) < 4.78 is 40.9. The van der Waals surface area contributed by atoms with Gasteiger partial charge in [-0.2, -0.15) is 0 Å². The van der Waals surface area contributed by atoms with E-state index in [0.29, 0.717) is 23.2 Å². The number of carboxylic acids is 1. The molecule has 11 heteroatoms. The minimum absolute atomic E-state index is 0.0867. The Morgan fingerprint density at radius 2 is 1.95 bits per heavy atom. The minimum atomic E-state index is -1.40. The zero-order chi connectivity index (χ0) is 28.4. The van der Waals surface area contributed by atoms with Crippen LogP contribution >= 0.6 is 11.3 Å². The number of nitrogens with zero attached hydrogens (tertiary/aromatic N) is 1. The number of ether oxygens (including phenoxy) is 2. The number of nitrogens with one attached hydrogen (secondary N) is 2. The van der Waals surface area contributed by atoms with E-state index in [4.69, 9.17) is 14.6 Å². The maximum Gasteiger partial charge on any atom is 0.338 e. The number of anilines is 1. The molecule has 2 heterocycles. The van der Waals surface area contributed by atoms with Crippen LogP contribution in [0, 0.1) is 11.6 Å². The summed E-state index contributed by atoms with van der Waals surface area (Å²) in [6.07, 6.45) is 2.48. The van der Waals surface area contributed by atoms with Crippen molar-refractivity contribution in [2.75, 3.05) is 19.0 Å². The van der Waals surface area contributed by atoms with E-state index < -0.39 is 28.7 Å². The van der Waals surface area contributed by atoms with Crippen molar-refractivity contribution in [3.63, 3.8) is 0 Å². The van der Waals surface area contributed by atoms with Crippen LogP contribution in [0.4, 0.5) is 13.9 Å². The molecule has 0 bridgehead atoms. The summed E-state index contributed by atoms with van der Waals surface area (Å²) in [6, 6.07) is 11.2. The van der Waals surface area contributed by atoms with E-state index in [0.717, 1.165) is 35.7 Å². The van der Waals surface area contributed by atoms with Crippen molar-refractivity contribution in [2.45, 2.75) is 25.3 Å². The van der Waals surface area contributed by atoms with Gasteiger partial charge in [-0.25, -0.2) is 18.6 Å². The quantitative estimate of drug-likeness (QED) is 0.241. The highest BCUT2D eigenvalue weighted by molar-refractivity contribution is 7.13. The van der Waals surface area contributed by atoms with Gasteiger partial charge in [-0.3, -0.25) is 4.79 Å². The lowest BCUT2D eigenvalue weighted by Crippen LogP contribution is -2.47.